The van der Waals surface area contributed by atoms with Gasteiger partial charge in [0, 0.05) is 50.0 Å². The SMILES string of the molecule is CCN1CCN(C(c2ccc(Nc3ncc(F)c(-c4cc(F)c5nc(C)n(C(C)C)c5c4)n3)nc2)C2CC2)CC1. The minimum Gasteiger partial charge on any atom is -0.326 e. The summed E-state index contributed by atoms with van der Waals surface area (Å²) in [6, 6.07) is 7.52. The van der Waals surface area contributed by atoms with Crippen LogP contribution in [0, 0.1) is 24.5 Å². The predicted molar refractivity (Wildman–Crippen MR) is 152 cm³/mol. The minimum atomic E-state index is -0.629. The normalized spacial score (nSPS) is 17.6. The van der Waals surface area contributed by atoms with Crippen LogP contribution < -0.4 is 5.32 Å². The van der Waals surface area contributed by atoms with E-state index in [-0.39, 0.29) is 23.2 Å². The number of fused-ring (bicyclic) bond motifs is 1. The molecule has 2 aliphatic rings. The Hall–Kier alpha value is -3.50. The van der Waals surface area contributed by atoms with E-state index in [1.807, 2.05) is 37.6 Å². The summed E-state index contributed by atoms with van der Waals surface area (Å²) >= 11 is 0. The van der Waals surface area contributed by atoms with Gasteiger partial charge in [-0.1, -0.05) is 13.0 Å². The van der Waals surface area contributed by atoms with E-state index in [0.717, 1.165) is 38.9 Å². The molecule has 6 rings (SSSR count). The number of halogens is 2. The summed E-state index contributed by atoms with van der Waals surface area (Å²) in [5.41, 5.74) is 2.44. The summed E-state index contributed by atoms with van der Waals surface area (Å²) in [4.78, 5) is 22.6. The third-order valence-electron chi connectivity index (χ3n) is 8.14. The van der Waals surface area contributed by atoms with Crippen molar-refractivity contribution in [1.82, 2.24) is 34.3 Å². The topological polar surface area (TPSA) is 75.0 Å². The van der Waals surface area contributed by atoms with Crippen molar-refractivity contribution in [1.29, 1.82) is 0 Å². The van der Waals surface area contributed by atoms with Crippen molar-refractivity contribution in [2.24, 2.45) is 5.92 Å². The number of pyridine rings is 1. The van der Waals surface area contributed by atoms with E-state index in [9.17, 15) is 4.39 Å². The first-order chi connectivity index (χ1) is 19.3. The average molecular weight is 547 g/mol. The Kier molecular flexibility index (Phi) is 7.22. The molecule has 1 aromatic carbocycles. The summed E-state index contributed by atoms with van der Waals surface area (Å²) in [5, 5.41) is 3.10. The van der Waals surface area contributed by atoms with Crippen molar-refractivity contribution in [3.63, 3.8) is 0 Å². The summed E-state index contributed by atoms with van der Waals surface area (Å²) in [6.45, 7) is 13.5. The Morgan fingerprint density at radius 2 is 1.75 bits per heavy atom. The van der Waals surface area contributed by atoms with Crippen molar-refractivity contribution >= 4 is 22.8 Å². The molecule has 1 atom stereocenters. The number of rotatable bonds is 8. The van der Waals surface area contributed by atoms with E-state index < -0.39 is 11.6 Å². The van der Waals surface area contributed by atoms with Crippen LogP contribution in [0.4, 0.5) is 20.5 Å². The maximum Gasteiger partial charge on any atom is 0.229 e. The van der Waals surface area contributed by atoms with Crippen LogP contribution in [0.2, 0.25) is 0 Å². The molecule has 1 aliphatic carbocycles. The van der Waals surface area contributed by atoms with Gasteiger partial charge in [-0.15, -0.1) is 0 Å². The zero-order chi connectivity index (χ0) is 28.0. The summed E-state index contributed by atoms with van der Waals surface area (Å²) in [5.74, 6) is 1.01. The molecule has 1 N–H and O–H groups in total. The lowest BCUT2D eigenvalue weighted by Gasteiger charge is -2.39. The molecule has 1 unspecified atom stereocenters. The van der Waals surface area contributed by atoms with Crippen LogP contribution in [0.15, 0.2) is 36.7 Å². The fraction of sp³-hybridized carbons (Fsp3) is 0.467. The van der Waals surface area contributed by atoms with Crippen molar-refractivity contribution < 1.29 is 8.78 Å². The zero-order valence-corrected chi connectivity index (χ0v) is 23.5. The van der Waals surface area contributed by atoms with Gasteiger partial charge in [0.1, 0.15) is 22.9 Å². The Balaban J connectivity index is 1.24. The van der Waals surface area contributed by atoms with Crippen LogP contribution in [0.1, 0.15) is 57.1 Å². The number of likely N-dealkylation sites (N-methyl/N-ethyl adjacent to an activating group) is 1. The Morgan fingerprint density at radius 3 is 2.40 bits per heavy atom. The molecule has 210 valence electrons. The second kappa shape index (κ2) is 10.8. The molecule has 0 amide bonds. The molecule has 1 aliphatic heterocycles. The van der Waals surface area contributed by atoms with E-state index in [1.54, 1.807) is 6.07 Å². The third-order valence-corrected chi connectivity index (χ3v) is 8.14. The number of nitrogens with one attached hydrogen (secondary N) is 1. The highest BCUT2D eigenvalue weighted by Gasteiger charge is 2.37. The highest BCUT2D eigenvalue weighted by atomic mass is 19.1. The predicted octanol–water partition coefficient (Wildman–Crippen LogP) is 5.89. The number of hydrogen-bond donors (Lipinski definition) is 1. The van der Waals surface area contributed by atoms with Gasteiger partial charge in [-0.3, -0.25) is 4.90 Å². The van der Waals surface area contributed by atoms with Crippen LogP contribution in [-0.4, -0.2) is 67.0 Å². The van der Waals surface area contributed by atoms with Gasteiger partial charge in [-0.25, -0.2) is 28.7 Å². The van der Waals surface area contributed by atoms with Crippen molar-refractivity contribution in [3.05, 3.63) is 59.7 Å². The smallest absolute Gasteiger partial charge is 0.229 e. The van der Waals surface area contributed by atoms with Gasteiger partial charge in [0.05, 0.1) is 11.7 Å². The van der Waals surface area contributed by atoms with Crippen LogP contribution in [0.5, 0.6) is 0 Å². The molecule has 0 spiro atoms. The maximum atomic E-state index is 15.0. The zero-order valence-electron chi connectivity index (χ0n) is 23.5. The Morgan fingerprint density at radius 1 is 0.975 bits per heavy atom. The first-order valence-electron chi connectivity index (χ1n) is 14.2. The fourth-order valence-electron chi connectivity index (χ4n) is 6.01. The number of imidazole rings is 1. The third kappa shape index (κ3) is 5.17. The second-order valence-electron chi connectivity index (χ2n) is 11.2. The van der Waals surface area contributed by atoms with Crippen LogP contribution in [0.3, 0.4) is 0 Å². The summed E-state index contributed by atoms with van der Waals surface area (Å²) in [6.07, 6.45) is 5.55. The van der Waals surface area contributed by atoms with Gasteiger partial charge in [0.2, 0.25) is 5.95 Å². The molecule has 40 heavy (non-hydrogen) atoms. The standard InChI is InChI=1S/C30H36F2N8/c1-5-38-10-12-39(13-11-38)29(20-6-7-20)21-8-9-26(33-16-21)36-30-34-17-24(32)27(37-30)22-14-23(31)28-25(15-22)40(18(2)3)19(4)35-28/h8-9,14-18,20,29H,5-7,10-13H2,1-4H3,(H,33,34,36,37). The Bertz CT molecular complexity index is 1500. The molecule has 1 saturated heterocycles. The molecular weight excluding hydrogens is 510 g/mol. The lowest BCUT2D eigenvalue weighted by atomic mass is 10.0. The van der Waals surface area contributed by atoms with Crippen molar-refractivity contribution in [2.75, 3.05) is 38.0 Å². The fourth-order valence-corrected chi connectivity index (χ4v) is 6.01. The average Bonchev–Trinajstić information content (AvgIpc) is 3.72. The van der Waals surface area contributed by atoms with E-state index >= 15 is 4.39 Å². The van der Waals surface area contributed by atoms with E-state index in [1.165, 1.54) is 24.5 Å². The number of piperazine rings is 1. The van der Waals surface area contributed by atoms with Crippen LogP contribution >= 0.6 is 0 Å². The molecule has 8 nitrogen and oxygen atoms in total. The highest BCUT2D eigenvalue weighted by molar-refractivity contribution is 5.83. The van der Waals surface area contributed by atoms with Crippen LogP contribution in [-0.2, 0) is 0 Å². The van der Waals surface area contributed by atoms with Crippen molar-refractivity contribution in [3.8, 4) is 11.3 Å². The number of aryl methyl sites for hydroxylation is 1. The van der Waals surface area contributed by atoms with E-state index in [0.29, 0.717) is 34.7 Å². The second-order valence-corrected chi connectivity index (χ2v) is 11.2. The largest absolute Gasteiger partial charge is 0.326 e. The first kappa shape index (κ1) is 26.7. The number of anilines is 2. The lowest BCUT2D eigenvalue weighted by molar-refractivity contribution is 0.0893. The molecule has 0 bridgehead atoms. The quantitative estimate of drug-likeness (QED) is 0.295. The summed E-state index contributed by atoms with van der Waals surface area (Å²) < 4.78 is 31.9. The number of benzene rings is 1. The molecule has 1 saturated carbocycles. The van der Waals surface area contributed by atoms with Gasteiger partial charge in [-0.2, -0.15) is 0 Å². The van der Waals surface area contributed by atoms with Gasteiger partial charge in [-0.05, 0) is 69.8 Å². The molecular formula is C30H36F2N8. The first-order valence-corrected chi connectivity index (χ1v) is 14.2. The molecule has 0 radical (unpaired) electrons. The van der Waals surface area contributed by atoms with Gasteiger partial charge >= 0.3 is 0 Å². The monoisotopic (exact) mass is 546 g/mol. The Labute approximate surface area is 233 Å². The van der Waals surface area contributed by atoms with Gasteiger partial charge < -0.3 is 14.8 Å². The number of hydrogen-bond acceptors (Lipinski definition) is 7. The number of nitrogens with zero attached hydrogens (tertiary/aromatic N) is 7. The van der Waals surface area contributed by atoms with Gasteiger partial charge in [0.25, 0.3) is 0 Å². The number of aromatic nitrogens is 5. The summed E-state index contributed by atoms with van der Waals surface area (Å²) in [7, 11) is 0. The molecule has 2 fully saturated rings. The minimum absolute atomic E-state index is 0.0177. The van der Waals surface area contributed by atoms with Crippen LogP contribution in [0.25, 0.3) is 22.3 Å². The lowest BCUT2D eigenvalue weighted by Crippen LogP contribution is -2.47. The molecule has 10 heteroatoms. The van der Waals surface area contributed by atoms with E-state index in [4.69, 9.17) is 0 Å². The van der Waals surface area contributed by atoms with E-state index in [2.05, 4.69) is 48.0 Å². The molecule has 3 aromatic heterocycles. The highest BCUT2D eigenvalue weighted by Crippen LogP contribution is 2.44. The molecule has 4 aromatic rings. The molecule has 4 heterocycles. The van der Waals surface area contributed by atoms with Gasteiger partial charge in [0.15, 0.2) is 11.6 Å². The maximum absolute atomic E-state index is 15.0. The van der Waals surface area contributed by atoms with Crippen molar-refractivity contribution in [2.45, 2.75) is 52.6 Å².